The van der Waals surface area contributed by atoms with Gasteiger partial charge in [-0.15, -0.1) is 5.11 Å². The first kappa shape index (κ1) is 8.19. The quantitative estimate of drug-likeness (QED) is 0.143. The molecule has 0 aromatic heterocycles. The van der Waals surface area contributed by atoms with Crippen LogP contribution >= 0.6 is 0 Å². The Morgan fingerprint density at radius 2 is 1.83 bits per heavy atom. The van der Waals surface area contributed by atoms with Crippen molar-refractivity contribution in [2.75, 3.05) is 5.73 Å². The minimum atomic E-state index is 0.0255. The molecule has 12 heavy (non-hydrogen) atoms. The van der Waals surface area contributed by atoms with E-state index in [9.17, 15) is 0 Å². The number of anilines is 1. The number of benzene rings is 1. The summed E-state index contributed by atoms with van der Waals surface area (Å²) in [7, 11) is 0. The lowest BCUT2D eigenvalue weighted by molar-refractivity contribution is 1.07. The molecule has 0 amide bonds. The van der Waals surface area contributed by atoms with Crippen molar-refractivity contribution in [3.05, 3.63) is 29.8 Å². The van der Waals surface area contributed by atoms with E-state index in [0.29, 0.717) is 11.3 Å². The molecule has 0 aliphatic rings. The number of hydrogen-bond acceptors (Lipinski definition) is 3. The minimum Gasteiger partial charge on any atom is -0.399 e. The molecule has 0 saturated heterocycles. The minimum absolute atomic E-state index is 0.0255. The van der Waals surface area contributed by atoms with E-state index in [1.807, 2.05) is 0 Å². The van der Waals surface area contributed by atoms with Crippen molar-refractivity contribution in [3.8, 4) is 0 Å². The third kappa shape index (κ3) is 1.79. The summed E-state index contributed by atoms with van der Waals surface area (Å²) in [5.74, 6) is 4.81. The van der Waals surface area contributed by atoms with Gasteiger partial charge in [-0.25, -0.2) is 0 Å². The SMILES string of the molecule is N=C(N=NN)c1ccc(N)cc1. The van der Waals surface area contributed by atoms with Crippen molar-refractivity contribution in [3.63, 3.8) is 0 Å². The van der Waals surface area contributed by atoms with Gasteiger partial charge in [-0.05, 0) is 24.3 Å². The van der Waals surface area contributed by atoms with E-state index in [1.165, 1.54) is 0 Å². The summed E-state index contributed by atoms with van der Waals surface area (Å²) >= 11 is 0. The number of nitrogens with two attached hydrogens (primary N) is 2. The van der Waals surface area contributed by atoms with Crippen LogP contribution in [0.15, 0.2) is 34.6 Å². The van der Waals surface area contributed by atoms with Gasteiger partial charge in [0.1, 0.15) is 0 Å². The van der Waals surface area contributed by atoms with Crippen LogP contribution < -0.4 is 11.6 Å². The van der Waals surface area contributed by atoms with E-state index >= 15 is 0 Å². The highest BCUT2D eigenvalue weighted by atomic mass is 15.3. The maximum Gasteiger partial charge on any atom is 0.176 e. The Kier molecular flexibility index (Phi) is 2.37. The molecule has 0 spiro atoms. The normalized spacial score (nSPS) is 10.3. The molecule has 5 N–H and O–H groups in total. The second-order valence-electron chi connectivity index (χ2n) is 2.19. The molecule has 0 fully saturated rings. The summed E-state index contributed by atoms with van der Waals surface area (Å²) < 4.78 is 0. The van der Waals surface area contributed by atoms with Crippen molar-refractivity contribution < 1.29 is 0 Å². The molecule has 62 valence electrons. The monoisotopic (exact) mass is 163 g/mol. The first-order valence-electron chi connectivity index (χ1n) is 3.29. The van der Waals surface area contributed by atoms with E-state index in [4.69, 9.17) is 17.0 Å². The second kappa shape index (κ2) is 3.47. The van der Waals surface area contributed by atoms with Crippen LogP contribution in [-0.2, 0) is 0 Å². The summed E-state index contributed by atoms with van der Waals surface area (Å²) in [6.07, 6.45) is 0. The van der Waals surface area contributed by atoms with Gasteiger partial charge in [0, 0.05) is 11.3 Å². The fraction of sp³-hybridized carbons (Fsp3) is 0. The average molecular weight is 163 g/mol. The van der Waals surface area contributed by atoms with Gasteiger partial charge in [0.15, 0.2) is 5.84 Å². The largest absolute Gasteiger partial charge is 0.399 e. The van der Waals surface area contributed by atoms with Gasteiger partial charge < -0.3 is 11.6 Å². The lowest BCUT2D eigenvalue weighted by Crippen LogP contribution is -1.95. The van der Waals surface area contributed by atoms with Crippen molar-refractivity contribution >= 4 is 11.5 Å². The highest BCUT2D eigenvalue weighted by Crippen LogP contribution is 2.06. The number of amidine groups is 1. The first-order valence-corrected chi connectivity index (χ1v) is 3.29. The first-order chi connectivity index (χ1) is 5.74. The van der Waals surface area contributed by atoms with Crippen molar-refractivity contribution in [1.82, 2.24) is 0 Å². The second-order valence-corrected chi connectivity index (χ2v) is 2.19. The molecule has 0 atom stereocenters. The zero-order valence-electron chi connectivity index (χ0n) is 6.36. The predicted octanol–water partition coefficient (Wildman–Crippen LogP) is 0.920. The number of rotatable bonds is 1. The Hall–Kier alpha value is -1.91. The van der Waals surface area contributed by atoms with Crippen LogP contribution in [0, 0.1) is 5.41 Å². The van der Waals surface area contributed by atoms with Crippen LogP contribution in [0.25, 0.3) is 0 Å². The van der Waals surface area contributed by atoms with Gasteiger partial charge in [0.2, 0.25) is 0 Å². The summed E-state index contributed by atoms with van der Waals surface area (Å²) in [6.45, 7) is 0. The van der Waals surface area contributed by atoms with Crippen molar-refractivity contribution in [2.24, 2.45) is 16.2 Å². The van der Waals surface area contributed by atoms with Gasteiger partial charge in [-0.3, -0.25) is 5.41 Å². The number of nitrogen functional groups attached to an aromatic ring is 1. The Balaban J connectivity index is 2.90. The van der Waals surface area contributed by atoms with Crippen LogP contribution in [0.5, 0.6) is 0 Å². The molecule has 1 aromatic carbocycles. The third-order valence-electron chi connectivity index (χ3n) is 1.34. The number of nitrogens with zero attached hydrogens (tertiary/aromatic N) is 2. The maximum atomic E-state index is 7.32. The number of nitrogens with one attached hydrogen (secondary N) is 1. The summed E-state index contributed by atoms with van der Waals surface area (Å²) in [6, 6.07) is 6.75. The van der Waals surface area contributed by atoms with Crippen LogP contribution in [0.4, 0.5) is 5.69 Å². The Labute approximate surface area is 69.6 Å². The summed E-state index contributed by atoms with van der Waals surface area (Å²) in [5, 5.41) is 13.7. The van der Waals surface area contributed by atoms with Crippen molar-refractivity contribution in [1.29, 1.82) is 5.41 Å². The molecule has 1 aromatic rings. The smallest absolute Gasteiger partial charge is 0.176 e. The molecule has 0 radical (unpaired) electrons. The van der Waals surface area contributed by atoms with Crippen molar-refractivity contribution in [2.45, 2.75) is 0 Å². The predicted molar refractivity (Wildman–Crippen MR) is 46.7 cm³/mol. The topological polar surface area (TPSA) is 101 Å². The maximum absolute atomic E-state index is 7.32. The Morgan fingerprint density at radius 3 is 2.33 bits per heavy atom. The Bertz CT molecular complexity index is 300. The van der Waals surface area contributed by atoms with E-state index in [-0.39, 0.29) is 5.84 Å². The van der Waals surface area contributed by atoms with Gasteiger partial charge in [-0.1, -0.05) is 5.22 Å². The molecule has 0 aliphatic carbocycles. The molecule has 0 unspecified atom stereocenters. The fourth-order valence-corrected chi connectivity index (χ4v) is 0.756. The molecule has 0 aliphatic heterocycles. The zero-order valence-corrected chi connectivity index (χ0v) is 6.36. The molecule has 1 rings (SSSR count). The molecular weight excluding hydrogens is 154 g/mol. The van der Waals surface area contributed by atoms with Gasteiger partial charge in [0.05, 0.1) is 0 Å². The fourth-order valence-electron chi connectivity index (χ4n) is 0.756. The van der Waals surface area contributed by atoms with E-state index in [1.54, 1.807) is 24.3 Å². The van der Waals surface area contributed by atoms with E-state index in [2.05, 4.69) is 10.3 Å². The standard InChI is InChI=1S/C7H9N5/c8-6-3-1-5(2-4-6)7(9)11-12-10/h1-4H,8H2,(H3,9,10,11). The Morgan fingerprint density at radius 1 is 1.25 bits per heavy atom. The highest BCUT2D eigenvalue weighted by Gasteiger charge is 1.97. The zero-order chi connectivity index (χ0) is 8.97. The third-order valence-corrected chi connectivity index (χ3v) is 1.34. The van der Waals surface area contributed by atoms with E-state index < -0.39 is 0 Å². The molecule has 0 bridgehead atoms. The van der Waals surface area contributed by atoms with E-state index in [0.717, 1.165) is 0 Å². The van der Waals surface area contributed by atoms with Gasteiger partial charge in [0.25, 0.3) is 0 Å². The highest BCUT2D eigenvalue weighted by molar-refractivity contribution is 5.96. The lowest BCUT2D eigenvalue weighted by Gasteiger charge is -1.96. The molecular formula is C7H9N5. The number of hydrogen-bond donors (Lipinski definition) is 3. The van der Waals surface area contributed by atoms with Crippen LogP contribution in [0.1, 0.15) is 5.56 Å². The summed E-state index contributed by atoms with van der Waals surface area (Å²) in [4.78, 5) is 0. The summed E-state index contributed by atoms with van der Waals surface area (Å²) in [5.41, 5.74) is 6.74. The van der Waals surface area contributed by atoms with Crippen LogP contribution in [-0.4, -0.2) is 5.84 Å². The molecule has 0 saturated carbocycles. The van der Waals surface area contributed by atoms with Crippen LogP contribution in [0.2, 0.25) is 0 Å². The van der Waals surface area contributed by atoms with Crippen LogP contribution in [0.3, 0.4) is 0 Å². The lowest BCUT2D eigenvalue weighted by atomic mass is 10.2. The molecule has 5 heteroatoms. The molecule has 5 nitrogen and oxygen atoms in total. The van der Waals surface area contributed by atoms with Gasteiger partial charge in [-0.2, -0.15) is 0 Å². The average Bonchev–Trinajstić information content (AvgIpc) is 2.06. The van der Waals surface area contributed by atoms with Gasteiger partial charge >= 0.3 is 0 Å². The molecule has 0 heterocycles.